The van der Waals surface area contributed by atoms with Gasteiger partial charge in [-0.15, -0.1) is 11.3 Å². The first-order valence-corrected chi connectivity index (χ1v) is 6.78. The van der Waals surface area contributed by atoms with Crippen molar-refractivity contribution in [2.45, 2.75) is 19.8 Å². The van der Waals surface area contributed by atoms with Crippen LogP contribution in [0.4, 0.5) is 0 Å². The zero-order chi connectivity index (χ0) is 14.0. The number of hydrogen-bond acceptors (Lipinski definition) is 4. The van der Waals surface area contributed by atoms with Gasteiger partial charge < -0.3 is 9.84 Å². The first kappa shape index (κ1) is 13.5. The van der Waals surface area contributed by atoms with Gasteiger partial charge in [0, 0.05) is 10.9 Å². The number of carboxylic acid groups (broad SMARTS) is 1. The average Bonchev–Trinajstić information content (AvgIpc) is 2.87. The summed E-state index contributed by atoms with van der Waals surface area (Å²) in [4.78, 5) is 15.0. The highest BCUT2D eigenvalue weighted by atomic mass is 32.1. The molecule has 19 heavy (non-hydrogen) atoms. The van der Waals surface area contributed by atoms with Gasteiger partial charge in [-0.05, 0) is 29.7 Å². The Bertz CT molecular complexity index is 604. The van der Waals surface area contributed by atoms with Crippen LogP contribution in [0.3, 0.4) is 0 Å². The molecule has 0 saturated heterocycles. The van der Waals surface area contributed by atoms with E-state index in [1.165, 1.54) is 0 Å². The molecule has 2 rings (SSSR count). The van der Waals surface area contributed by atoms with E-state index in [4.69, 9.17) is 9.84 Å². The summed E-state index contributed by atoms with van der Waals surface area (Å²) in [7, 11) is 1.65. The molecule has 1 aromatic heterocycles. The number of hydrogen-bond donors (Lipinski definition) is 1. The predicted octanol–water partition coefficient (Wildman–Crippen LogP) is 3.64. The summed E-state index contributed by atoms with van der Waals surface area (Å²) in [5.74, 6) is 0.175. The lowest BCUT2D eigenvalue weighted by Gasteiger charge is -2.12. The van der Waals surface area contributed by atoms with Gasteiger partial charge in [-0.2, -0.15) is 0 Å². The van der Waals surface area contributed by atoms with Crippen molar-refractivity contribution in [2.24, 2.45) is 0 Å². The van der Waals surface area contributed by atoms with Gasteiger partial charge in [0.2, 0.25) is 5.01 Å². The van der Waals surface area contributed by atoms with Crippen LogP contribution >= 0.6 is 11.3 Å². The minimum absolute atomic E-state index is 0.108. The topological polar surface area (TPSA) is 59.4 Å². The van der Waals surface area contributed by atoms with E-state index >= 15 is 0 Å². The lowest BCUT2D eigenvalue weighted by atomic mass is 9.99. The number of carbonyl (C=O) groups is 1. The molecule has 0 bridgehead atoms. The quantitative estimate of drug-likeness (QED) is 0.926. The summed E-state index contributed by atoms with van der Waals surface area (Å²) in [6, 6.07) is 5.79. The number of ether oxygens (including phenoxy) is 1. The van der Waals surface area contributed by atoms with Crippen LogP contribution in [-0.4, -0.2) is 23.2 Å². The van der Waals surface area contributed by atoms with Gasteiger partial charge in [-0.3, -0.25) is 0 Å². The number of carboxylic acids is 1. The third-order valence-electron chi connectivity index (χ3n) is 2.83. The van der Waals surface area contributed by atoms with Crippen molar-refractivity contribution in [2.75, 3.05) is 7.11 Å². The fourth-order valence-electron chi connectivity index (χ4n) is 1.85. The minimum atomic E-state index is -0.992. The van der Waals surface area contributed by atoms with Crippen LogP contribution in [0.2, 0.25) is 0 Å². The maximum absolute atomic E-state index is 10.8. The Labute approximate surface area is 115 Å². The summed E-state index contributed by atoms with van der Waals surface area (Å²) in [5.41, 5.74) is 2.69. The van der Waals surface area contributed by atoms with Crippen LogP contribution in [0.5, 0.6) is 5.75 Å². The van der Waals surface area contributed by atoms with Crippen LogP contribution in [0.25, 0.3) is 11.3 Å². The zero-order valence-corrected chi connectivity index (χ0v) is 11.8. The molecular formula is C14H15NO3S. The van der Waals surface area contributed by atoms with Crippen LogP contribution in [-0.2, 0) is 0 Å². The number of nitrogens with zero attached hydrogens (tertiary/aromatic N) is 1. The molecular weight excluding hydrogens is 262 g/mol. The molecule has 0 aliphatic rings. The van der Waals surface area contributed by atoms with E-state index < -0.39 is 5.97 Å². The summed E-state index contributed by atoms with van der Waals surface area (Å²) in [5, 5.41) is 10.8. The van der Waals surface area contributed by atoms with Crippen molar-refractivity contribution in [1.82, 2.24) is 4.98 Å². The number of benzene rings is 1. The van der Waals surface area contributed by atoms with Gasteiger partial charge in [0.05, 0.1) is 12.8 Å². The average molecular weight is 277 g/mol. The van der Waals surface area contributed by atoms with Crippen LogP contribution in [0, 0.1) is 0 Å². The fraction of sp³-hybridized carbons (Fsp3) is 0.286. The third kappa shape index (κ3) is 2.76. The van der Waals surface area contributed by atoms with E-state index in [2.05, 4.69) is 18.8 Å². The van der Waals surface area contributed by atoms with Crippen molar-refractivity contribution in [1.29, 1.82) is 0 Å². The van der Waals surface area contributed by atoms with Gasteiger partial charge in [0.15, 0.2) is 0 Å². The second-order valence-corrected chi connectivity index (χ2v) is 5.31. The molecule has 0 atom stereocenters. The number of thiazole rings is 1. The van der Waals surface area contributed by atoms with Crippen molar-refractivity contribution >= 4 is 17.3 Å². The van der Waals surface area contributed by atoms with Gasteiger partial charge in [-0.1, -0.05) is 13.8 Å². The van der Waals surface area contributed by atoms with E-state index in [1.807, 2.05) is 18.2 Å². The molecule has 1 heterocycles. The Morgan fingerprint density at radius 2 is 2.16 bits per heavy atom. The highest BCUT2D eigenvalue weighted by molar-refractivity contribution is 7.11. The van der Waals surface area contributed by atoms with E-state index in [0.29, 0.717) is 11.6 Å². The van der Waals surface area contributed by atoms with Gasteiger partial charge in [0.25, 0.3) is 0 Å². The van der Waals surface area contributed by atoms with Gasteiger partial charge >= 0.3 is 5.97 Å². The number of methoxy groups -OCH3 is 1. The predicted molar refractivity (Wildman–Crippen MR) is 75.2 cm³/mol. The molecule has 0 saturated carbocycles. The molecule has 0 amide bonds. The molecule has 0 aliphatic heterocycles. The van der Waals surface area contributed by atoms with Crippen molar-refractivity contribution < 1.29 is 14.6 Å². The Hall–Kier alpha value is -1.88. The maximum Gasteiger partial charge on any atom is 0.365 e. The Morgan fingerprint density at radius 1 is 1.42 bits per heavy atom. The highest BCUT2D eigenvalue weighted by Gasteiger charge is 2.13. The first-order chi connectivity index (χ1) is 9.02. The standard InChI is InChI=1S/C14H15NO3S/c1-8(2)10-6-9(4-5-12(10)18-3)11-7-19-13(15-11)14(16)17/h4-8H,1-3H3,(H,16,17). The fourth-order valence-corrected chi connectivity index (χ4v) is 2.51. The van der Waals surface area contributed by atoms with Crippen molar-refractivity contribution in [3.05, 3.63) is 34.2 Å². The Kier molecular flexibility index (Phi) is 3.85. The molecule has 1 N–H and O–H groups in total. The molecule has 0 aliphatic carbocycles. The summed E-state index contributed by atoms with van der Waals surface area (Å²) in [6.45, 7) is 4.18. The SMILES string of the molecule is COc1ccc(-c2csc(C(=O)O)n2)cc1C(C)C. The lowest BCUT2D eigenvalue weighted by molar-refractivity contribution is 0.0696. The molecule has 1 aromatic carbocycles. The van der Waals surface area contributed by atoms with Crippen LogP contribution in [0.15, 0.2) is 23.6 Å². The van der Waals surface area contributed by atoms with E-state index in [1.54, 1.807) is 12.5 Å². The van der Waals surface area contributed by atoms with Gasteiger partial charge in [0.1, 0.15) is 5.75 Å². The van der Waals surface area contributed by atoms with Crippen molar-refractivity contribution in [3.8, 4) is 17.0 Å². The second-order valence-electron chi connectivity index (χ2n) is 4.45. The number of aromatic carboxylic acids is 1. The first-order valence-electron chi connectivity index (χ1n) is 5.90. The zero-order valence-electron chi connectivity index (χ0n) is 11.0. The molecule has 5 heteroatoms. The minimum Gasteiger partial charge on any atom is -0.496 e. The molecule has 4 nitrogen and oxygen atoms in total. The van der Waals surface area contributed by atoms with E-state index in [-0.39, 0.29) is 5.01 Å². The molecule has 2 aromatic rings. The van der Waals surface area contributed by atoms with Gasteiger partial charge in [-0.25, -0.2) is 9.78 Å². The second kappa shape index (κ2) is 5.40. The van der Waals surface area contributed by atoms with E-state index in [0.717, 1.165) is 28.2 Å². The molecule has 0 fully saturated rings. The van der Waals surface area contributed by atoms with E-state index in [9.17, 15) is 4.79 Å². The summed E-state index contributed by atoms with van der Waals surface area (Å²) >= 11 is 1.13. The summed E-state index contributed by atoms with van der Waals surface area (Å²) < 4.78 is 5.33. The number of rotatable bonds is 4. The smallest absolute Gasteiger partial charge is 0.365 e. The van der Waals surface area contributed by atoms with Crippen molar-refractivity contribution in [3.63, 3.8) is 0 Å². The normalized spacial score (nSPS) is 10.7. The summed E-state index contributed by atoms with van der Waals surface area (Å²) in [6.07, 6.45) is 0. The molecule has 0 unspecified atom stereocenters. The number of aromatic nitrogens is 1. The highest BCUT2D eigenvalue weighted by Crippen LogP contribution is 2.31. The lowest BCUT2D eigenvalue weighted by Crippen LogP contribution is -1.96. The Balaban J connectivity index is 2.44. The molecule has 0 radical (unpaired) electrons. The third-order valence-corrected chi connectivity index (χ3v) is 3.66. The maximum atomic E-state index is 10.8. The van der Waals surface area contributed by atoms with Crippen LogP contribution in [0.1, 0.15) is 35.1 Å². The largest absolute Gasteiger partial charge is 0.496 e. The molecule has 0 spiro atoms. The molecule has 100 valence electrons. The monoisotopic (exact) mass is 277 g/mol. The van der Waals surface area contributed by atoms with Crippen LogP contribution < -0.4 is 4.74 Å². The Morgan fingerprint density at radius 3 is 2.68 bits per heavy atom.